The Hall–Kier alpha value is -1.58. The number of methoxy groups -OCH3 is 2. The van der Waals surface area contributed by atoms with E-state index in [0.717, 1.165) is 5.75 Å². The monoisotopic (exact) mass is 234 g/mol. The average molecular weight is 234 g/mol. The molecule has 0 aromatic heterocycles. The third-order valence-corrected chi connectivity index (χ3v) is 2.07. The van der Waals surface area contributed by atoms with E-state index in [0.29, 0.717) is 6.61 Å². The van der Waals surface area contributed by atoms with Gasteiger partial charge in [0.25, 0.3) is 0 Å². The summed E-state index contributed by atoms with van der Waals surface area (Å²) in [7, 11) is 3.20. The van der Waals surface area contributed by atoms with Gasteiger partial charge in [0.15, 0.2) is 6.29 Å². The van der Waals surface area contributed by atoms with Crippen molar-refractivity contribution in [3.05, 3.63) is 54.6 Å². The molecule has 0 heterocycles. The summed E-state index contributed by atoms with van der Waals surface area (Å²) < 4.78 is 15.5. The van der Waals surface area contributed by atoms with Crippen LogP contribution >= 0.6 is 0 Å². The van der Waals surface area contributed by atoms with Gasteiger partial charge >= 0.3 is 0 Å². The third kappa shape index (κ3) is 5.90. The molecule has 0 fully saturated rings. The molecule has 0 saturated carbocycles. The molecule has 0 N–H and O–H groups in total. The van der Waals surface area contributed by atoms with Crippen molar-refractivity contribution in [1.29, 1.82) is 0 Å². The van der Waals surface area contributed by atoms with Gasteiger partial charge in [-0.3, -0.25) is 0 Å². The van der Waals surface area contributed by atoms with Gasteiger partial charge in [-0.1, -0.05) is 30.4 Å². The summed E-state index contributed by atoms with van der Waals surface area (Å²) in [6.07, 6.45) is 7.21. The van der Waals surface area contributed by atoms with E-state index in [2.05, 4.69) is 0 Å². The Kier molecular flexibility index (Phi) is 6.79. The maximum Gasteiger partial charge on any atom is 0.176 e. The molecule has 0 aliphatic rings. The summed E-state index contributed by atoms with van der Waals surface area (Å²) in [6.45, 7) is 0.541. The second kappa shape index (κ2) is 8.56. The lowest BCUT2D eigenvalue weighted by Crippen LogP contribution is -2.08. The minimum absolute atomic E-state index is 0.297. The number of allylic oxidation sites excluding steroid dienone is 2. The summed E-state index contributed by atoms with van der Waals surface area (Å²) in [5.74, 6) is 0.868. The van der Waals surface area contributed by atoms with E-state index in [-0.39, 0.29) is 6.29 Å². The van der Waals surface area contributed by atoms with Gasteiger partial charge in [0.05, 0.1) is 0 Å². The van der Waals surface area contributed by atoms with E-state index in [9.17, 15) is 0 Å². The molecular weight excluding hydrogens is 216 g/mol. The molecule has 0 amide bonds. The SMILES string of the molecule is COC(/C=C/C=C/COc1ccccc1)OC. The molecule has 0 saturated heterocycles. The Morgan fingerprint density at radius 2 is 1.76 bits per heavy atom. The molecule has 17 heavy (non-hydrogen) atoms. The van der Waals surface area contributed by atoms with Gasteiger partial charge in [-0.2, -0.15) is 0 Å². The van der Waals surface area contributed by atoms with Gasteiger partial charge in [0.2, 0.25) is 0 Å². The summed E-state index contributed by atoms with van der Waals surface area (Å²) in [6, 6.07) is 9.70. The molecule has 0 bridgehead atoms. The number of hydrogen-bond acceptors (Lipinski definition) is 3. The van der Waals surface area contributed by atoms with Crippen LogP contribution in [0.15, 0.2) is 54.6 Å². The van der Waals surface area contributed by atoms with E-state index >= 15 is 0 Å². The molecule has 3 heteroatoms. The van der Waals surface area contributed by atoms with Gasteiger partial charge in [0.1, 0.15) is 12.4 Å². The Bertz CT molecular complexity index is 340. The first-order valence-electron chi connectivity index (χ1n) is 5.43. The average Bonchev–Trinajstić information content (AvgIpc) is 2.39. The highest BCUT2D eigenvalue weighted by Crippen LogP contribution is 2.07. The predicted molar refractivity (Wildman–Crippen MR) is 68.0 cm³/mol. The van der Waals surface area contributed by atoms with E-state index in [1.54, 1.807) is 14.2 Å². The van der Waals surface area contributed by atoms with E-state index in [4.69, 9.17) is 14.2 Å². The minimum atomic E-state index is -0.297. The van der Waals surface area contributed by atoms with Crippen molar-refractivity contribution < 1.29 is 14.2 Å². The van der Waals surface area contributed by atoms with Crippen LogP contribution in [0.3, 0.4) is 0 Å². The maximum absolute atomic E-state index is 5.48. The number of rotatable bonds is 7. The maximum atomic E-state index is 5.48. The molecule has 3 nitrogen and oxygen atoms in total. The first-order valence-corrected chi connectivity index (χ1v) is 5.43. The fraction of sp³-hybridized carbons (Fsp3) is 0.286. The Labute approximate surface area is 102 Å². The molecular formula is C14H18O3. The van der Waals surface area contributed by atoms with Crippen molar-refractivity contribution in [2.75, 3.05) is 20.8 Å². The summed E-state index contributed by atoms with van der Waals surface area (Å²) in [5, 5.41) is 0. The van der Waals surface area contributed by atoms with Crippen molar-refractivity contribution >= 4 is 0 Å². The number of para-hydroxylation sites is 1. The fourth-order valence-electron chi connectivity index (χ4n) is 1.20. The largest absolute Gasteiger partial charge is 0.490 e. The van der Waals surface area contributed by atoms with Crippen LogP contribution in [0.4, 0.5) is 0 Å². The Morgan fingerprint density at radius 1 is 1.06 bits per heavy atom. The quantitative estimate of drug-likeness (QED) is 0.536. The lowest BCUT2D eigenvalue weighted by atomic mass is 10.3. The van der Waals surface area contributed by atoms with Crippen LogP contribution in [0.1, 0.15) is 0 Å². The highest BCUT2D eigenvalue weighted by atomic mass is 16.7. The van der Waals surface area contributed by atoms with Crippen LogP contribution in [0, 0.1) is 0 Å². The molecule has 0 atom stereocenters. The topological polar surface area (TPSA) is 27.7 Å². The first kappa shape index (κ1) is 13.5. The second-order valence-corrected chi connectivity index (χ2v) is 3.28. The van der Waals surface area contributed by atoms with Crippen LogP contribution in [0.25, 0.3) is 0 Å². The Balaban J connectivity index is 2.22. The van der Waals surface area contributed by atoms with Gasteiger partial charge < -0.3 is 14.2 Å². The molecule has 1 rings (SSSR count). The van der Waals surface area contributed by atoms with Crippen LogP contribution in [0.5, 0.6) is 5.75 Å². The van der Waals surface area contributed by atoms with Crippen molar-refractivity contribution in [2.45, 2.75) is 6.29 Å². The molecule has 1 aromatic rings. The number of ether oxygens (including phenoxy) is 3. The minimum Gasteiger partial charge on any atom is -0.490 e. The lowest BCUT2D eigenvalue weighted by Gasteiger charge is -2.06. The van der Waals surface area contributed by atoms with Gasteiger partial charge in [-0.15, -0.1) is 0 Å². The first-order chi connectivity index (χ1) is 8.36. The number of benzene rings is 1. The van der Waals surface area contributed by atoms with Gasteiger partial charge in [0, 0.05) is 14.2 Å². The zero-order valence-corrected chi connectivity index (χ0v) is 10.2. The smallest absolute Gasteiger partial charge is 0.176 e. The van der Waals surface area contributed by atoms with E-state index in [1.807, 2.05) is 54.6 Å². The van der Waals surface area contributed by atoms with Gasteiger partial charge in [-0.25, -0.2) is 0 Å². The normalized spacial score (nSPS) is 11.7. The number of hydrogen-bond donors (Lipinski definition) is 0. The van der Waals surface area contributed by atoms with Crippen molar-refractivity contribution in [1.82, 2.24) is 0 Å². The van der Waals surface area contributed by atoms with Crippen molar-refractivity contribution in [3.8, 4) is 5.75 Å². The summed E-state index contributed by atoms with van der Waals surface area (Å²) in [4.78, 5) is 0. The van der Waals surface area contributed by atoms with Crippen LogP contribution < -0.4 is 4.74 Å². The van der Waals surface area contributed by atoms with Crippen molar-refractivity contribution in [2.24, 2.45) is 0 Å². The standard InChI is InChI=1S/C14H18O3/c1-15-14(16-2)11-7-4-8-12-17-13-9-5-3-6-10-13/h3-11,14H,12H2,1-2H3/b8-4+,11-7+. The molecule has 0 aliphatic heterocycles. The highest BCUT2D eigenvalue weighted by molar-refractivity contribution is 5.21. The molecule has 0 unspecified atom stereocenters. The molecule has 1 aromatic carbocycles. The van der Waals surface area contributed by atoms with Gasteiger partial charge in [-0.05, 0) is 24.3 Å². The molecule has 0 spiro atoms. The molecule has 0 radical (unpaired) electrons. The molecule has 0 aliphatic carbocycles. The van der Waals surface area contributed by atoms with Crippen LogP contribution in [-0.2, 0) is 9.47 Å². The highest BCUT2D eigenvalue weighted by Gasteiger charge is 1.94. The van der Waals surface area contributed by atoms with Crippen LogP contribution in [-0.4, -0.2) is 27.1 Å². The zero-order valence-electron chi connectivity index (χ0n) is 10.2. The second-order valence-electron chi connectivity index (χ2n) is 3.28. The zero-order chi connectivity index (χ0) is 12.3. The summed E-state index contributed by atoms with van der Waals surface area (Å²) in [5.41, 5.74) is 0. The Morgan fingerprint density at radius 3 is 2.41 bits per heavy atom. The third-order valence-electron chi connectivity index (χ3n) is 2.07. The summed E-state index contributed by atoms with van der Waals surface area (Å²) >= 11 is 0. The lowest BCUT2D eigenvalue weighted by molar-refractivity contribution is -0.0666. The van der Waals surface area contributed by atoms with Crippen molar-refractivity contribution in [3.63, 3.8) is 0 Å². The fourth-order valence-corrected chi connectivity index (χ4v) is 1.20. The molecule has 92 valence electrons. The predicted octanol–water partition coefficient (Wildman–Crippen LogP) is 2.80. The van der Waals surface area contributed by atoms with E-state index in [1.165, 1.54) is 0 Å². The van der Waals surface area contributed by atoms with Crippen LogP contribution in [0.2, 0.25) is 0 Å². The van der Waals surface area contributed by atoms with E-state index < -0.39 is 0 Å².